The van der Waals surface area contributed by atoms with Crippen LogP contribution in [0.2, 0.25) is 0 Å². The number of aliphatic imine (C=N–C) groups is 1. The molecule has 0 radical (unpaired) electrons. The Kier molecular flexibility index (Phi) is 2.87. The molecule has 0 spiro atoms. The summed E-state index contributed by atoms with van der Waals surface area (Å²) in [6, 6.07) is 0. The molecule has 0 fully saturated rings. The minimum absolute atomic E-state index is 0.373. The predicted molar refractivity (Wildman–Crippen MR) is 61.2 cm³/mol. The lowest BCUT2D eigenvalue weighted by Gasteiger charge is -2.10. The molecule has 2 heterocycles. The number of aryl methyl sites for hydroxylation is 2. The van der Waals surface area contributed by atoms with E-state index in [4.69, 9.17) is 10.5 Å². The summed E-state index contributed by atoms with van der Waals surface area (Å²) in [6.45, 7) is 6.54. The van der Waals surface area contributed by atoms with Gasteiger partial charge in [-0.25, -0.2) is 15.0 Å². The topological polar surface area (TPSA) is 73.4 Å². The van der Waals surface area contributed by atoms with Crippen LogP contribution in [0.5, 0.6) is 0 Å². The summed E-state index contributed by atoms with van der Waals surface area (Å²) in [4.78, 5) is 13.1. The van der Waals surface area contributed by atoms with Gasteiger partial charge in [0.1, 0.15) is 17.2 Å². The first-order chi connectivity index (χ1) is 7.63. The van der Waals surface area contributed by atoms with Gasteiger partial charge in [0, 0.05) is 6.61 Å². The normalized spacial score (nSPS) is 18.4. The molecule has 0 saturated carbocycles. The van der Waals surface area contributed by atoms with E-state index in [9.17, 15) is 0 Å². The van der Waals surface area contributed by atoms with Gasteiger partial charge in [-0.2, -0.15) is 0 Å². The molecule has 2 N–H and O–H groups in total. The minimum Gasteiger partial charge on any atom is -0.382 e. The fourth-order valence-electron chi connectivity index (χ4n) is 1.58. The average molecular weight is 220 g/mol. The minimum atomic E-state index is -0.373. The van der Waals surface area contributed by atoms with Gasteiger partial charge < -0.3 is 10.5 Å². The van der Waals surface area contributed by atoms with Crippen molar-refractivity contribution in [1.29, 1.82) is 0 Å². The molecule has 1 aliphatic rings. The molecule has 16 heavy (non-hydrogen) atoms. The maximum atomic E-state index is 5.79. The number of hydrogen-bond acceptors (Lipinski definition) is 5. The van der Waals surface area contributed by atoms with Crippen molar-refractivity contribution in [3.05, 3.63) is 22.8 Å². The van der Waals surface area contributed by atoms with Crippen molar-refractivity contribution in [3.63, 3.8) is 0 Å². The second-order valence-electron chi connectivity index (χ2n) is 3.87. The molecule has 2 rings (SSSR count). The van der Waals surface area contributed by atoms with E-state index in [0.29, 0.717) is 18.1 Å². The third kappa shape index (κ3) is 1.78. The largest absolute Gasteiger partial charge is 0.382 e. The maximum absolute atomic E-state index is 5.79. The summed E-state index contributed by atoms with van der Waals surface area (Å²) >= 11 is 0. The molecule has 0 aliphatic carbocycles. The molecule has 1 aliphatic heterocycles. The quantitative estimate of drug-likeness (QED) is 0.831. The average Bonchev–Trinajstić information content (AvgIpc) is 2.54. The van der Waals surface area contributed by atoms with E-state index in [1.807, 2.05) is 13.8 Å². The summed E-state index contributed by atoms with van der Waals surface area (Å²) < 4.78 is 5.57. The highest BCUT2D eigenvalue weighted by Crippen LogP contribution is 2.27. The van der Waals surface area contributed by atoms with Crippen molar-refractivity contribution in [2.75, 3.05) is 6.61 Å². The Morgan fingerprint density at radius 2 is 1.94 bits per heavy atom. The van der Waals surface area contributed by atoms with E-state index >= 15 is 0 Å². The van der Waals surface area contributed by atoms with Gasteiger partial charge in [-0.1, -0.05) is 6.92 Å². The fourth-order valence-corrected chi connectivity index (χ4v) is 1.58. The number of nitrogens with two attached hydrogens (primary N) is 1. The van der Waals surface area contributed by atoms with E-state index in [1.165, 1.54) is 0 Å². The highest BCUT2D eigenvalue weighted by molar-refractivity contribution is 5.98. The summed E-state index contributed by atoms with van der Waals surface area (Å²) in [6.07, 6.45) is 0.571. The molecule has 1 aromatic rings. The molecule has 1 unspecified atom stereocenters. The van der Waals surface area contributed by atoms with Crippen LogP contribution in [0.25, 0.3) is 0 Å². The summed E-state index contributed by atoms with van der Waals surface area (Å²) in [5.41, 5.74) is 8.99. The fraction of sp³-hybridized carbons (Fsp3) is 0.545. The molecule has 0 amide bonds. The first kappa shape index (κ1) is 11.0. The summed E-state index contributed by atoms with van der Waals surface area (Å²) in [7, 11) is 0. The Morgan fingerprint density at radius 1 is 1.25 bits per heavy atom. The van der Waals surface area contributed by atoms with Crippen LogP contribution in [0.3, 0.4) is 0 Å². The third-order valence-electron chi connectivity index (χ3n) is 2.55. The number of aromatic nitrogens is 2. The van der Waals surface area contributed by atoms with Gasteiger partial charge in [0.25, 0.3) is 0 Å². The monoisotopic (exact) mass is 220 g/mol. The van der Waals surface area contributed by atoms with Crippen molar-refractivity contribution in [2.45, 2.75) is 33.4 Å². The van der Waals surface area contributed by atoms with Gasteiger partial charge in [-0.15, -0.1) is 0 Å². The second-order valence-corrected chi connectivity index (χ2v) is 3.87. The van der Waals surface area contributed by atoms with E-state index in [2.05, 4.69) is 21.9 Å². The number of ether oxygens (including phenoxy) is 1. The zero-order chi connectivity index (χ0) is 11.7. The van der Waals surface area contributed by atoms with Gasteiger partial charge in [0.15, 0.2) is 6.23 Å². The lowest BCUT2D eigenvalue weighted by Crippen LogP contribution is -2.14. The Bertz CT molecular complexity index is 442. The lowest BCUT2D eigenvalue weighted by molar-refractivity contribution is 0.0587. The number of fused-ring (bicyclic) bond motifs is 1. The Labute approximate surface area is 94.8 Å². The molecule has 5 heteroatoms. The smallest absolute Gasteiger partial charge is 0.195 e. The number of rotatable bonds is 3. The first-order valence-corrected chi connectivity index (χ1v) is 5.44. The lowest BCUT2D eigenvalue weighted by atomic mass is 10.2. The Balaban J connectivity index is 2.35. The second kappa shape index (κ2) is 4.17. The van der Waals surface area contributed by atoms with E-state index in [-0.39, 0.29) is 6.23 Å². The highest BCUT2D eigenvalue weighted by Gasteiger charge is 2.27. The number of amidine groups is 1. The molecule has 1 aromatic heterocycles. The van der Waals surface area contributed by atoms with Gasteiger partial charge in [-0.3, -0.25) is 0 Å². The van der Waals surface area contributed by atoms with Crippen LogP contribution in [0.4, 0.5) is 0 Å². The Morgan fingerprint density at radius 3 is 2.62 bits per heavy atom. The highest BCUT2D eigenvalue weighted by atomic mass is 16.5. The molecule has 1 atom stereocenters. The van der Waals surface area contributed by atoms with Crippen LogP contribution in [0.1, 0.15) is 42.3 Å². The summed E-state index contributed by atoms with van der Waals surface area (Å²) in [5.74, 6) is 0.423. The van der Waals surface area contributed by atoms with Crippen LogP contribution in [-0.2, 0) is 4.74 Å². The van der Waals surface area contributed by atoms with Gasteiger partial charge in [0.2, 0.25) is 0 Å². The van der Waals surface area contributed by atoms with Crippen molar-refractivity contribution in [2.24, 2.45) is 10.7 Å². The van der Waals surface area contributed by atoms with E-state index in [1.54, 1.807) is 0 Å². The third-order valence-corrected chi connectivity index (χ3v) is 2.55. The van der Waals surface area contributed by atoms with Crippen LogP contribution in [-0.4, -0.2) is 22.4 Å². The molecule has 86 valence electrons. The molecular weight excluding hydrogens is 204 g/mol. The zero-order valence-corrected chi connectivity index (χ0v) is 9.82. The van der Waals surface area contributed by atoms with Gasteiger partial charge in [0.05, 0.1) is 11.4 Å². The zero-order valence-electron chi connectivity index (χ0n) is 9.82. The SMILES string of the molecule is CCCOC1N=C(N)c2nc(C)c(C)nc21. The van der Waals surface area contributed by atoms with Gasteiger partial charge >= 0.3 is 0 Å². The van der Waals surface area contributed by atoms with E-state index < -0.39 is 0 Å². The van der Waals surface area contributed by atoms with Crippen LogP contribution in [0.15, 0.2) is 4.99 Å². The first-order valence-electron chi connectivity index (χ1n) is 5.44. The number of hydrogen-bond donors (Lipinski definition) is 1. The number of nitrogens with zero attached hydrogens (tertiary/aromatic N) is 3. The molecular formula is C11H16N4O. The van der Waals surface area contributed by atoms with Crippen LogP contribution >= 0.6 is 0 Å². The molecule has 0 aromatic carbocycles. The van der Waals surface area contributed by atoms with E-state index in [0.717, 1.165) is 23.5 Å². The van der Waals surface area contributed by atoms with Crippen molar-refractivity contribution in [3.8, 4) is 0 Å². The van der Waals surface area contributed by atoms with Gasteiger partial charge in [-0.05, 0) is 20.3 Å². The Hall–Kier alpha value is -1.49. The molecule has 0 bridgehead atoms. The van der Waals surface area contributed by atoms with Crippen molar-refractivity contribution >= 4 is 5.84 Å². The standard InChI is InChI=1S/C11H16N4O/c1-4-5-16-11-9-8(10(12)15-11)13-6(2)7(3)14-9/h11H,4-5H2,1-3H3,(H2,12,15). The summed E-state index contributed by atoms with van der Waals surface area (Å²) in [5, 5.41) is 0. The van der Waals surface area contributed by atoms with Crippen molar-refractivity contribution < 1.29 is 4.74 Å². The molecule has 5 nitrogen and oxygen atoms in total. The molecule has 0 saturated heterocycles. The predicted octanol–water partition coefficient (Wildman–Crippen LogP) is 1.24. The maximum Gasteiger partial charge on any atom is 0.195 e. The van der Waals surface area contributed by atoms with Crippen LogP contribution < -0.4 is 5.73 Å². The van der Waals surface area contributed by atoms with Crippen LogP contribution in [0, 0.1) is 13.8 Å². The van der Waals surface area contributed by atoms with Crippen molar-refractivity contribution in [1.82, 2.24) is 9.97 Å².